The molecule has 2 N–H and O–H groups in total. The summed E-state index contributed by atoms with van der Waals surface area (Å²) < 4.78 is 5.76. The zero-order chi connectivity index (χ0) is 21.3. The highest BCUT2D eigenvalue weighted by Gasteiger charge is 2.12. The third-order valence-electron chi connectivity index (χ3n) is 4.52. The van der Waals surface area contributed by atoms with Crippen molar-refractivity contribution in [3.05, 3.63) is 81.6 Å². The molecule has 0 saturated carbocycles. The van der Waals surface area contributed by atoms with Crippen molar-refractivity contribution in [1.29, 1.82) is 5.26 Å². The van der Waals surface area contributed by atoms with Gasteiger partial charge >= 0.3 is 0 Å². The van der Waals surface area contributed by atoms with E-state index in [1.165, 1.54) is 0 Å². The van der Waals surface area contributed by atoms with Crippen molar-refractivity contribution in [3.8, 4) is 17.3 Å². The summed E-state index contributed by atoms with van der Waals surface area (Å²) in [6.07, 6.45) is 2.81. The molecule has 0 aliphatic carbocycles. The van der Waals surface area contributed by atoms with Crippen LogP contribution < -0.4 is 11.0 Å². The number of aromatic amines is 1. The summed E-state index contributed by atoms with van der Waals surface area (Å²) >= 11 is 0. The van der Waals surface area contributed by atoms with Crippen LogP contribution in [0.2, 0.25) is 0 Å². The standard InChI is InChI=1S/C23H23N5O2/c1-3-16(2)30-15-18-9-7-8-17(12-18)14-25-28-23-26-21(19-10-5-4-6-11-19)20(13-24)22(29)27-23/h4-12,14,16H,3,15H2,1-2H3,(H2,26,27,28,29). The number of benzene rings is 2. The number of aromatic nitrogens is 2. The van der Waals surface area contributed by atoms with Crippen LogP contribution >= 0.6 is 0 Å². The lowest BCUT2D eigenvalue weighted by Crippen LogP contribution is -2.16. The van der Waals surface area contributed by atoms with E-state index in [4.69, 9.17) is 4.74 Å². The number of nitrogens with zero attached hydrogens (tertiary/aromatic N) is 3. The minimum atomic E-state index is -0.520. The van der Waals surface area contributed by atoms with Crippen molar-refractivity contribution in [3.63, 3.8) is 0 Å². The van der Waals surface area contributed by atoms with E-state index < -0.39 is 5.56 Å². The Kier molecular flexibility index (Phi) is 7.09. The number of rotatable bonds is 8. The van der Waals surface area contributed by atoms with Gasteiger partial charge in [0.2, 0.25) is 5.95 Å². The SMILES string of the molecule is CCC(C)OCc1cccc(C=NNc2nc(-c3ccccc3)c(C#N)c(=O)[nH]2)c1. The molecule has 7 nitrogen and oxygen atoms in total. The molecule has 2 aromatic carbocycles. The predicted molar refractivity (Wildman–Crippen MR) is 117 cm³/mol. The molecule has 1 unspecified atom stereocenters. The van der Waals surface area contributed by atoms with Crippen LogP contribution in [0, 0.1) is 11.3 Å². The van der Waals surface area contributed by atoms with Crippen LogP contribution in [0.3, 0.4) is 0 Å². The van der Waals surface area contributed by atoms with Crippen molar-refractivity contribution in [2.45, 2.75) is 33.0 Å². The number of hydrazone groups is 1. The topological polar surface area (TPSA) is 103 Å². The molecule has 0 aliphatic rings. The molecule has 0 radical (unpaired) electrons. The van der Waals surface area contributed by atoms with Crippen LogP contribution in [-0.4, -0.2) is 22.3 Å². The van der Waals surface area contributed by atoms with E-state index >= 15 is 0 Å². The molecule has 1 heterocycles. The summed E-state index contributed by atoms with van der Waals surface area (Å²) in [7, 11) is 0. The summed E-state index contributed by atoms with van der Waals surface area (Å²) in [5.41, 5.74) is 5.10. The van der Waals surface area contributed by atoms with E-state index in [1.54, 1.807) is 18.3 Å². The maximum atomic E-state index is 12.3. The van der Waals surface area contributed by atoms with Crippen LogP contribution in [-0.2, 0) is 11.3 Å². The number of hydrogen-bond acceptors (Lipinski definition) is 6. The Labute approximate surface area is 175 Å². The fourth-order valence-electron chi connectivity index (χ4n) is 2.72. The third-order valence-corrected chi connectivity index (χ3v) is 4.52. The van der Waals surface area contributed by atoms with E-state index in [1.807, 2.05) is 55.5 Å². The van der Waals surface area contributed by atoms with Gasteiger partial charge in [0.25, 0.3) is 5.56 Å². The Balaban J connectivity index is 1.76. The Morgan fingerprint density at radius 2 is 2.07 bits per heavy atom. The second kappa shape index (κ2) is 10.1. The molecule has 152 valence electrons. The summed E-state index contributed by atoms with van der Waals surface area (Å²) in [5.74, 6) is 0.158. The number of anilines is 1. The molecule has 0 fully saturated rings. The van der Waals surface area contributed by atoms with E-state index in [2.05, 4.69) is 27.4 Å². The fourth-order valence-corrected chi connectivity index (χ4v) is 2.72. The van der Waals surface area contributed by atoms with Gasteiger partial charge in [-0.2, -0.15) is 10.4 Å². The molecule has 1 atom stereocenters. The van der Waals surface area contributed by atoms with Gasteiger partial charge in [-0.1, -0.05) is 55.5 Å². The second-order valence-electron chi connectivity index (χ2n) is 6.76. The fraction of sp³-hybridized carbons (Fsp3) is 0.217. The van der Waals surface area contributed by atoms with Crippen molar-refractivity contribution in [2.75, 3.05) is 5.43 Å². The first-order valence-electron chi connectivity index (χ1n) is 9.70. The Morgan fingerprint density at radius 1 is 1.27 bits per heavy atom. The lowest BCUT2D eigenvalue weighted by atomic mass is 10.1. The Bertz CT molecular complexity index is 1120. The van der Waals surface area contributed by atoms with Gasteiger partial charge in [0.1, 0.15) is 11.6 Å². The molecule has 0 aliphatic heterocycles. The Hall–Kier alpha value is -3.76. The minimum absolute atomic E-state index is 0.0373. The molecular weight excluding hydrogens is 378 g/mol. The highest BCUT2D eigenvalue weighted by atomic mass is 16.5. The molecular formula is C23H23N5O2. The first-order chi connectivity index (χ1) is 14.6. The largest absolute Gasteiger partial charge is 0.374 e. The Morgan fingerprint density at radius 3 is 2.80 bits per heavy atom. The first kappa shape index (κ1) is 21.0. The monoisotopic (exact) mass is 401 g/mol. The molecule has 0 amide bonds. The van der Waals surface area contributed by atoms with Gasteiger partial charge in [-0.05, 0) is 30.5 Å². The van der Waals surface area contributed by atoms with E-state index in [0.717, 1.165) is 17.5 Å². The number of nitriles is 1. The highest BCUT2D eigenvalue weighted by Crippen LogP contribution is 2.19. The molecule has 1 aromatic heterocycles. The lowest BCUT2D eigenvalue weighted by molar-refractivity contribution is 0.0508. The quantitative estimate of drug-likeness (QED) is 0.437. The summed E-state index contributed by atoms with van der Waals surface area (Å²) in [6, 6.07) is 18.8. The van der Waals surface area contributed by atoms with Gasteiger partial charge < -0.3 is 4.74 Å². The van der Waals surface area contributed by atoms with Gasteiger partial charge in [0.05, 0.1) is 24.6 Å². The van der Waals surface area contributed by atoms with Gasteiger partial charge in [0, 0.05) is 5.56 Å². The number of hydrogen-bond donors (Lipinski definition) is 2. The van der Waals surface area contributed by atoms with Crippen molar-refractivity contribution in [2.24, 2.45) is 5.10 Å². The average Bonchev–Trinajstić information content (AvgIpc) is 2.78. The highest BCUT2D eigenvalue weighted by molar-refractivity contribution is 5.80. The van der Waals surface area contributed by atoms with Crippen molar-refractivity contribution < 1.29 is 4.74 Å². The zero-order valence-corrected chi connectivity index (χ0v) is 16.9. The molecule has 3 aromatic rings. The van der Waals surface area contributed by atoms with Gasteiger partial charge in [0.15, 0.2) is 0 Å². The van der Waals surface area contributed by atoms with Crippen LogP contribution in [0.4, 0.5) is 5.95 Å². The van der Waals surface area contributed by atoms with Crippen molar-refractivity contribution in [1.82, 2.24) is 9.97 Å². The van der Waals surface area contributed by atoms with Crippen molar-refractivity contribution >= 4 is 12.2 Å². The summed E-state index contributed by atoms with van der Waals surface area (Å²) in [4.78, 5) is 19.2. The third kappa shape index (κ3) is 5.40. The average molecular weight is 401 g/mol. The first-order valence-corrected chi connectivity index (χ1v) is 9.70. The molecule has 0 spiro atoms. The maximum absolute atomic E-state index is 12.3. The molecule has 3 rings (SSSR count). The van der Waals surface area contributed by atoms with Gasteiger partial charge in [-0.15, -0.1) is 0 Å². The van der Waals surface area contributed by atoms with Gasteiger partial charge in [-0.25, -0.2) is 10.4 Å². The molecule has 7 heteroatoms. The lowest BCUT2D eigenvalue weighted by Gasteiger charge is -2.10. The van der Waals surface area contributed by atoms with Crippen LogP contribution in [0.25, 0.3) is 11.3 Å². The van der Waals surface area contributed by atoms with Gasteiger partial charge in [-0.3, -0.25) is 9.78 Å². The van der Waals surface area contributed by atoms with E-state index in [-0.39, 0.29) is 17.6 Å². The number of nitrogens with one attached hydrogen (secondary N) is 2. The number of H-pyrrole nitrogens is 1. The van der Waals surface area contributed by atoms with Crippen LogP contribution in [0.5, 0.6) is 0 Å². The van der Waals surface area contributed by atoms with E-state index in [9.17, 15) is 10.1 Å². The summed E-state index contributed by atoms with van der Waals surface area (Å²) in [6.45, 7) is 4.67. The molecule has 30 heavy (non-hydrogen) atoms. The molecule has 0 bridgehead atoms. The smallest absolute Gasteiger partial charge is 0.270 e. The normalized spacial score (nSPS) is 11.9. The molecule has 0 saturated heterocycles. The zero-order valence-electron chi connectivity index (χ0n) is 16.9. The second-order valence-corrected chi connectivity index (χ2v) is 6.76. The van der Waals surface area contributed by atoms with Crippen LogP contribution in [0.15, 0.2) is 64.5 Å². The van der Waals surface area contributed by atoms with E-state index in [0.29, 0.717) is 17.9 Å². The predicted octanol–water partition coefficient (Wildman–Crippen LogP) is 4.07. The van der Waals surface area contributed by atoms with Crippen LogP contribution in [0.1, 0.15) is 37.0 Å². The maximum Gasteiger partial charge on any atom is 0.270 e. The summed E-state index contributed by atoms with van der Waals surface area (Å²) in [5, 5.41) is 13.5. The number of ether oxygens (including phenoxy) is 1. The minimum Gasteiger partial charge on any atom is -0.374 e.